The van der Waals surface area contributed by atoms with Crippen LogP contribution in [0.4, 0.5) is 0 Å². The third kappa shape index (κ3) is 8.71. The maximum Gasteiger partial charge on any atom is 0.0717 e. The number of hydrogen-bond acceptors (Lipinski definition) is 3. The molecule has 5 atom stereocenters. The van der Waals surface area contributed by atoms with Crippen LogP contribution >= 0.6 is 15.8 Å². The first-order valence-electron chi connectivity index (χ1n) is 16.8. The molecule has 0 aromatic heterocycles. The van der Waals surface area contributed by atoms with E-state index in [0.717, 1.165) is 25.5 Å². The summed E-state index contributed by atoms with van der Waals surface area (Å²) in [6.45, 7) is 6.97. The van der Waals surface area contributed by atoms with Crippen LogP contribution < -0.4 is 10.6 Å². The molecule has 3 nitrogen and oxygen atoms in total. The van der Waals surface area contributed by atoms with E-state index in [0.29, 0.717) is 36.8 Å². The Morgan fingerprint density at radius 2 is 0.756 bits per heavy atom. The highest BCUT2D eigenvalue weighted by Gasteiger charge is 2.42. The summed E-state index contributed by atoms with van der Waals surface area (Å²) >= 11 is 0. The molecule has 4 aromatic rings. The van der Waals surface area contributed by atoms with Gasteiger partial charge in [-0.3, -0.25) is 0 Å². The molecule has 0 N–H and O–H groups in total. The van der Waals surface area contributed by atoms with Gasteiger partial charge in [0.15, 0.2) is 0 Å². The molecule has 45 heavy (non-hydrogen) atoms. The van der Waals surface area contributed by atoms with Crippen LogP contribution in [-0.2, 0) is 34.0 Å². The highest BCUT2D eigenvalue weighted by atomic mass is 31.1. The fourth-order valence-corrected chi connectivity index (χ4v) is 14.7. The molecule has 0 bridgehead atoms. The average molecular weight is 639 g/mol. The first-order chi connectivity index (χ1) is 22.3. The minimum absolute atomic E-state index is 0.311. The summed E-state index contributed by atoms with van der Waals surface area (Å²) in [6, 6.07) is 41.4. The van der Waals surface area contributed by atoms with E-state index in [1.807, 2.05) is 0 Å². The Bertz CT molecular complexity index is 1360. The average Bonchev–Trinajstić information content (AvgIpc) is 3.69. The van der Waals surface area contributed by atoms with Crippen LogP contribution in [0, 0.1) is 0 Å². The Balaban J connectivity index is 1.21. The topological polar surface area (TPSA) is 27.7 Å². The van der Waals surface area contributed by atoms with Crippen molar-refractivity contribution >= 4 is 26.5 Å². The lowest BCUT2D eigenvalue weighted by atomic mass is 10.2. The molecule has 2 fully saturated rings. The summed E-state index contributed by atoms with van der Waals surface area (Å²) in [6.07, 6.45) is 6.28. The third-order valence-electron chi connectivity index (χ3n) is 9.41. The van der Waals surface area contributed by atoms with Crippen molar-refractivity contribution in [3.63, 3.8) is 0 Å². The van der Waals surface area contributed by atoms with Crippen molar-refractivity contribution in [2.75, 3.05) is 19.8 Å². The molecule has 2 saturated heterocycles. The van der Waals surface area contributed by atoms with Gasteiger partial charge in [-0.2, -0.15) is 0 Å². The lowest BCUT2D eigenvalue weighted by Crippen LogP contribution is -2.33. The summed E-state index contributed by atoms with van der Waals surface area (Å²) in [5, 5.41) is 3.28. The maximum atomic E-state index is 6.46. The van der Waals surface area contributed by atoms with Crippen LogP contribution in [0.25, 0.3) is 0 Å². The second-order valence-electron chi connectivity index (χ2n) is 12.5. The standard InChI is InChI=1S/C40H48O3P2/c1-2-35-22-23-36(29-41-26-32-14-6-3-7-15-32)44(35)39-20-12-13-21-40(39)45-37(30-42-27-33-16-8-4-9-17-33)24-25-38(45)31-43-28-34-18-10-5-11-19-34/h3-21,35-38H,2,22-31H2,1H3/t35-,36+,37+,38+,44?/m1/s1. The smallest absolute Gasteiger partial charge is 0.0717 e. The summed E-state index contributed by atoms with van der Waals surface area (Å²) in [7, 11) is -0.743. The zero-order chi connectivity index (χ0) is 30.7. The molecule has 0 spiro atoms. The van der Waals surface area contributed by atoms with Gasteiger partial charge in [0.05, 0.1) is 39.6 Å². The highest BCUT2D eigenvalue weighted by Crippen LogP contribution is 2.60. The second kappa shape index (κ2) is 17.0. The summed E-state index contributed by atoms with van der Waals surface area (Å²) in [5.41, 5.74) is 6.26. The highest BCUT2D eigenvalue weighted by molar-refractivity contribution is 7.73. The Labute approximate surface area is 273 Å². The van der Waals surface area contributed by atoms with Crippen molar-refractivity contribution in [1.82, 2.24) is 0 Å². The van der Waals surface area contributed by atoms with Crippen molar-refractivity contribution in [1.29, 1.82) is 0 Å². The molecule has 2 aliphatic heterocycles. The zero-order valence-electron chi connectivity index (χ0n) is 26.7. The van der Waals surface area contributed by atoms with Crippen LogP contribution in [0.2, 0.25) is 0 Å². The Morgan fingerprint density at radius 1 is 0.444 bits per heavy atom. The monoisotopic (exact) mass is 638 g/mol. The molecule has 0 aliphatic carbocycles. The van der Waals surface area contributed by atoms with Crippen molar-refractivity contribution < 1.29 is 14.2 Å². The van der Waals surface area contributed by atoms with Gasteiger partial charge in [0.25, 0.3) is 0 Å². The largest absolute Gasteiger partial charge is 0.376 e. The SMILES string of the molecule is CC[C@@H]1CC[C@@H](COCc2ccccc2)P1c1ccccc1P1[C@H](COCc2ccccc2)CC[C@H]1COCc1ccccc1. The number of ether oxygens (including phenoxy) is 3. The number of hydrogen-bond donors (Lipinski definition) is 0. The van der Waals surface area contributed by atoms with Crippen LogP contribution in [0.5, 0.6) is 0 Å². The molecule has 1 unspecified atom stereocenters. The molecule has 2 heterocycles. The van der Waals surface area contributed by atoms with E-state index >= 15 is 0 Å². The van der Waals surface area contributed by atoms with Crippen molar-refractivity contribution in [2.45, 2.75) is 81.5 Å². The molecular weight excluding hydrogens is 590 g/mol. The van der Waals surface area contributed by atoms with Gasteiger partial charge in [0, 0.05) is 17.0 Å². The third-order valence-corrected chi connectivity index (χ3v) is 16.5. The first kappa shape index (κ1) is 32.6. The molecule has 0 amide bonds. The molecule has 236 valence electrons. The Morgan fingerprint density at radius 3 is 1.11 bits per heavy atom. The molecule has 2 aliphatic rings. The van der Waals surface area contributed by atoms with Crippen LogP contribution in [0.3, 0.4) is 0 Å². The van der Waals surface area contributed by atoms with Crippen LogP contribution in [0.1, 0.15) is 55.7 Å². The van der Waals surface area contributed by atoms with Gasteiger partial charge in [-0.25, -0.2) is 0 Å². The predicted octanol–water partition coefficient (Wildman–Crippen LogP) is 9.02. The lowest BCUT2D eigenvalue weighted by molar-refractivity contribution is 0.118. The van der Waals surface area contributed by atoms with Gasteiger partial charge in [-0.1, -0.05) is 138 Å². The first-order valence-corrected chi connectivity index (χ1v) is 19.8. The van der Waals surface area contributed by atoms with Crippen molar-refractivity contribution in [3.05, 3.63) is 132 Å². The predicted molar refractivity (Wildman–Crippen MR) is 192 cm³/mol. The Kier molecular flexibility index (Phi) is 12.3. The molecule has 0 radical (unpaired) electrons. The maximum absolute atomic E-state index is 6.46. The van der Waals surface area contributed by atoms with Gasteiger partial charge < -0.3 is 14.2 Å². The van der Waals surface area contributed by atoms with Gasteiger partial charge >= 0.3 is 0 Å². The van der Waals surface area contributed by atoms with Gasteiger partial charge in [-0.15, -0.1) is 0 Å². The quantitative estimate of drug-likeness (QED) is 0.122. The second-order valence-corrected chi connectivity index (χ2v) is 18.0. The molecular formula is C40H48O3P2. The lowest BCUT2D eigenvalue weighted by Gasteiger charge is -2.33. The van der Waals surface area contributed by atoms with E-state index in [4.69, 9.17) is 14.2 Å². The molecule has 0 saturated carbocycles. The van der Waals surface area contributed by atoms with E-state index in [-0.39, 0.29) is 7.92 Å². The minimum atomic E-state index is -0.432. The van der Waals surface area contributed by atoms with Crippen LogP contribution in [0.15, 0.2) is 115 Å². The van der Waals surface area contributed by atoms with E-state index < -0.39 is 7.92 Å². The molecule has 5 heteroatoms. The van der Waals surface area contributed by atoms with Gasteiger partial charge in [-0.05, 0) is 65.1 Å². The van der Waals surface area contributed by atoms with Crippen LogP contribution in [-0.4, -0.2) is 42.5 Å². The Hall–Kier alpha value is -2.38. The summed E-state index contributed by atoms with van der Waals surface area (Å²) in [5.74, 6) is 0. The normalized spacial score (nSPS) is 23.4. The van der Waals surface area contributed by atoms with E-state index in [2.05, 4.69) is 122 Å². The van der Waals surface area contributed by atoms with E-state index in [9.17, 15) is 0 Å². The number of rotatable bonds is 15. The van der Waals surface area contributed by atoms with E-state index in [1.54, 1.807) is 10.6 Å². The molecule has 4 aromatic carbocycles. The van der Waals surface area contributed by atoms with Gasteiger partial charge in [0.1, 0.15) is 0 Å². The van der Waals surface area contributed by atoms with Crippen molar-refractivity contribution in [3.8, 4) is 0 Å². The molecule has 6 rings (SSSR count). The zero-order valence-corrected chi connectivity index (χ0v) is 28.5. The van der Waals surface area contributed by atoms with E-state index in [1.165, 1.54) is 48.8 Å². The minimum Gasteiger partial charge on any atom is -0.376 e. The van der Waals surface area contributed by atoms with Gasteiger partial charge in [0.2, 0.25) is 0 Å². The summed E-state index contributed by atoms with van der Waals surface area (Å²) < 4.78 is 19.4. The fourth-order valence-electron chi connectivity index (χ4n) is 7.16. The fraction of sp³-hybridized carbons (Fsp3) is 0.400. The van der Waals surface area contributed by atoms with Crippen molar-refractivity contribution in [2.24, 2.45) is 0 Å². The summed E-state index contributed by atoms with van der Waals surface area (Å²) in [4.78, 5) is 0. The number of benzene rings is 4.